The van der Waals surface area contributed by atoms with Crippen LogP contribution in [0.3, 0.4) is 0 Å². The average Bonchev–Trinajstić information content (AvgIpc) is 2.31. The third-order valence-corrected chi connectivity index (χ3v) is 2.75. The van der Waals surface area contributed by atoms with Crippen LogP contribution in [0.1, 0.15) is 29.8 Å². The highest BCUT2D eigenvalue weighted by Crippen LogP contribution is 2.28. The molecule has 0 amide bonds. The summed E-state index contributed by atoms with van der Waals surface area (Å²) in [6.07, 6.45) is 0.0174. The topological polar surface area (TPSA) is 83.8 Å². The minimum Gasteiger partial charge on any atom is -0.504 e. The number of ether oxygens (including phenoxy) is 1. The Morgan fingerprint density at radius 3 is 2.42 bits per heavy atom. The van der Waals surface area contributed by atoms with Crippen LogP contribution in [-0.2, 0) is 16.0 Å². The zero-order valence-electron chi connectivity index (χ0n) is 10.9. The molecular formula is C13H15FO5. The molecular weight excluding hydrogens is 255 g/mol. The van der Waals surface area contributed by atoms with Crippen molar-refractivity contribution in [3.63, 3.8) is 0 Å². The van der Waals surface area contributed by atoms with Gasteiger partial charge in [0.2, 0.25) is 0 Å². The first-order valence-electron chi connectivity index (χ1n) is 5.52. The lowest BCUT2D eigenvalue weighted by Crippen LogP contribution is -2.26. The lowest BCUT2D eigenvalue weighted by atomic mass is 9.85. The number of carboxylic acids is 1. The molecule has 2 N–H and O–H groups in total. The van der Waals surface area contributed by atoms with Crippen LogP contribution in [0.5, 0.6) is 5.75 Å². The van der Waals surface area contributed by atoms with Gasteiger partial charge in [-0.15, -0.1) is 0 Å². The summed E-state index contributed by atoms with van der Waals surface area (Å²) < 4.78 is 17.9. The fraction of sp³-hybridized carbons (Fsp3) is 0.385. The second-order valence-electron chi connectivity index (χ2n) is 4.83. The van der Waals surface area contributed by atoms with E-state index in [0.717, 1.165) is 13.2 Å². The summed E-state index contributed by atoms with van der Waals surface area (Å²) in [6, 6.07) is 2.24. The number of aliphatic carboxylic acids is 1. The van der Waals surface area contributed by atoms with Gasteiger partial charge in [-0.25, -0.2) is 9.18 Å². The molecule has 0 atom stereocenters. The van der Waals surface area contributed by atoms with Gasteiger partial charge in [-0.3, -0.25) is 4.79 Å². The normalized spacial score (nSPS) is 11.2. The van der Waals surface area contributed by atoms with E-state index >= 15 is 0 Å². The Bertz CT molecular complexity index is 522. The molecule has 19 heavy (non-hydrogen) atoms. The first kappa shape index (κ1) is 14.9. The van der Waals surface area contributed by atoms with Crippen molar-refractivity contribution in [1.82, 2.24) is 0 Å². The monoisotopic (exact) mass is 270 g/mol. The van der Waals surface area contributed by atoms with E-state index < -0.39 is 28.9 Å². The maximum Gasteiger partial charge on any atom is 0.341 e. The first-order chi connectivity index (χ1) is 8.69. The van der Waals surface area contributed by atoms with Crippen LogP contribution in [0, 0.1) is 11.2 Å². The highest BCUT2D eigenvalue weighted by atomic mass is 19.1. The minimum absolute atomic E-state index is 0.0174. The molecule has 0 saturated carbocycles. The third-order valence-electron chi connectivity index (χ3n) is 2.75. The zero-order valence-corrected chi connectivity index (χ0v) is 10.9. The highest BCUT2D eigenvalue weighted by molar-refractivity contribution is 5.92. The first-order valence-corrected chi connectivity index (χ1v) is 5.52. The SMILES string of the molecule is COC(=O)c1cc(CC(C)(C)C(=O)O)cc(F)c1O. The van der Waals surface area contributed by atoms with Crippen molar-refractivity contribution in [1.29, 1.82) is 0 Å². The molecule has 1 aromatic carbocycles. The number of carbonyl (C=O) groups is 2. The van der Waals surface area contributed by atoms with Crippen LogP contribution in [-0.4, -0.2) is 29.3 Å². The van der Waals surface area contributed by atoms with E-state index in [0.29, 0.717) is 5.56 Å². The number of carboxylic acid groups (broad SMARTS) is 1. The summed E-state index contributed by atoms with van der Waals surface area (Å²) in [4.78, 5) is 22.4. The largest absolute Gasteiger partial charge is 0.504 e. The van der Waals surface area contributed by atoms with Crippen LogP contribution in [0.2, 0.25) is 0 Å². The highest BCUT2D eigenvalue weighted by Gasteiger charge is 2.28. The van der Waals surface area contributed by atoms with Crippen LogP contribution in [0.25, 0.3) is 0 Å². The summed E-state index contributed by atoms with van der Waals surface area (Å²) >= 11 is 0. The Morgan fingerprint density at radius 2 is 1.95 bits per heavy atom. The molecule has 1 rings (SSSR count). The van der Waals surface area contributed by atoms with Crippen molar-refractivity contribution < 1.29 is 28.9 Å². The Morgan fingerprint density at radius 1 is 1.37 bits per heavy atom. The number of rotatable bonds is 4. The Balaban J connectivity index is 3.21. The van der Waals surface area contributed by atoms with Crippen molar-refractivity contribution in [2.45, 2.75) is 20.3 Å². The van der Waals surface area contributed by atoms with Gasteiger partial charge in [0.05, 0.1) is 12.5 Å². The molecule has 104 valence electrons. The maximum atomic E-state index is 13.5. The van der Waals surface area contributed by atoms with Gasteiger partial charge >= 0.3 is 11.9 Å². The average molecular weight is 270 g/mol. The summed E-state index contributed by atoms with van der Waals surface area (Å²) in [5.74, 6) is -3.71. The van der Waals surface area contributed by atoms with Gasteiger partial charge in [0.1, 0.15) is 5.56 Å². The van der Waals surface area contributed by atoms with E-state index in [4.69, 9.17) is 5.11 Å². The fourth-order valence-corrected chi connectivity index (χ4v) is 1.61. The molecule has 6 heteroatoms. The van der Waals surface area contributed by atoms with Crippen molar-refractivity contribution in [3.05, 3.63) is 29.1 Å². The predicted molar refractivity (Wildman–Crippen MR) is 64.5 cm³/mol. The molecule has 0 bridgehead atoms. The lowest BCUT2D eigenvalue weighted by molar-refractivity contribution is -0.146. The summed E-state index contributed by atoms with van der Waals surface area (Å²) in [5.41, 5.74) is -1.14. The standard InChI is InChI=1S/C13H15FO5/c1-13(2,12(17)18)6-7-4-8(11(16)19-3)10(15)9(14)5-7/h4-5,15H,6H2,1-3H3,(H,17,18). The maximum absolute atomic E-state index is 13.5. The number of hydrogen-bond donors (Lipinski definition) is 2. The Hall–Kier alpha value is -2.11. The van der Waals surface area contributed by atoms with Gasteiger partial charge in [-0.2, -0.15) is 0 Å². The van der Waals surface area contributed by atoms with Crippen molar-refractivity contribution >= 4 is 11.9 Å². The molecule has 1 aromatic rings. The fourth-order valence-electron chi connectivity index (χ4n) is 1.61. The number of aromatic hydroxyl groups is 1. The Labute approximate surface area is 109 Å². The molecule has 0 fully saturated rings. The predicted octanol–water partition coefficient (Wildman–Crippen LogP) is 1.97. The summed E-state index contributed by atoms with van der Waals surface area (Å²) in [7, 11) is 1.10. The van der Waals surface area contributed by atoms with Crippen molar-refractivity contribution in [2.24, 2.45) is 5.41 Å². The van der Waals surface area contributed by atoms with Gasteiger partial charge in [0.15, 0.2) is 11.6 Å². The zero-order chi connectivity index (χ0) is 14.8. The molecule has 5 nitrogen and oxygen atoms in total. The molecule has 0 aliphatic carbocycles. The number of phenolic OH excluding ortho intramolecular Hbond substituents is 1. The van der Waals surface area contributed by atoms with Gasteiger partial charge in [-0.05, 0) is 38.0 Å². The number of methoxy groups -OCH3 is 1. The molecule has 0 unspecified atom stereocenters. The van der Waals surface area contributed by atoms with Gasteiger partial charge in [0.25, 0.3) is 0 Å². The summed E-state index contributed by atoms with van der Waals surface area (Å²) in [5, 5.41) is 18.5. The van der Waals surface area contributed by atoms with E-state index in [9.17, 15) is 19.1 Å². The number of halogens is 1. The van der Waals surface area contributed by atoms with E-state index in [1.807, 2.05) is 0 Å². The molecule has 0 aliphatic heterocycles. The number of phenols is 1. The summed E-state index contributed by atoms with van der Waals surface area (Å²) in [6.45, 7) is 2.97. The van der Waals surface area contributed by atoms with Crippen LogP contribution >= 0.6 is 0 Å². The smallest absolute Gasteiger partial charge is 0.341 e. The molecule has 0 saturated heterocycles. The molecule has 0 radical (unpaired) electrons. The van der Waals surface area contributed by atoms with E-state index in [1.165, 1.54) is 19.9 Å². The third kappa shape index (κ3) is 3.21. The number of benzene rings is 1. The number of carbonyl (C=O) groups excluding carboxylic acids is 1. The van der Waals surface area contributed by atoms with Gasteiger partial charge in [-0.1, -0.05) is 0 Å². The second kappa shape index (κ2) is 5.26. The van der Waals surface area contributed by atoms with Gasteiger partial charge < -0.3 is 14.9 Å². The van der Waals surface area contributed by atoms with Crippen LogP contribution in [0.4, 0.5) is 4.39 Å². The van der Waals surface area contributed by atoms with E-state index in [1.54, 1.807) is 0 Å². The van der Waals surface area contributed by atoms with Crippen molar-refractivity contribution in [2.75, 3.05) is 7.11 Å². The van der Waals surface area contributed by atoms with Gasteiger partial charge in [0, 0.05) is 0 Å². The van der Waals surface area contributed by atoms with Crippen LogP contribution < -0.4 is 0 Å². The lowest BCUT2D eigenvalue weighted by Gasteiger charge is -2.19. The van der Waals surface area contributed by atoms with Crippen molar-refractivity contribution in [3.8, 4) is 5.75 Å². The number of esters is 1. The molecule has 0 aromatic heterocycles. The number of hydrogen-bond acceptors (Lipinski definition) is 4. The van der Waals surface area contributed by atoms with E-state index in [-0.39, 0.29) is 12.0 Å². The molecule has 0 spiro atoms. The Kier molecular flexibility index (Phi) is 4.14. The second-order valence-corrected chi connectivity index (χ2v) is 4.83. The van der Waals surface area contributed by atoms with Crippen LogP contribution in [0.15, 0.2) is 12.1 Å². The van der Waals surface area contributed by atoms with E-state index in [2.05, 4.69) is 4.74 Å². The molecule has 0 heterocycles. The quantitative estimate of drug-likeness (QED) is 0.817. The molecule has 0 aliphatic rings. The minimum atomic E-state index is -1.11.